The van der Waals surface area contributed by atoms with E-state index in [1.54, 1.807) is 23.2 Å². The van der Waals surface area contributed by atoms with Gasteiger partial charge in [0.05, 0.1) is 5.00 Å². The lowest BCUT2D eigenvalue weighted by Gasteiger charge is -2.32. The van der Waals surface area contributed by atoms with Crippen LogP contribution in [0, 0.1) is 0 Å². The summed E-state index contributed by atoms with van der Waals surface area (Å²) in [6.07, 6.45) is 2.34. The fourth-order valence-electron chi connectivity index (χ4n) is 3.60. The van der Waals surface area contributed by atoms with Crippen LogP contribution in [0.1, 0.15) is 33.1 Å². The van der Waals surface area contributed by atoms with E-state index in [1.807, 2.05) is 73.0 Å². The smallest absolute Gasteiger partial charge is 0.224 e. The van der Waals surface area contributed by atoms with E-state index < -0.39 is 11.3 Å². The molecule has 0 saturated carbocycles. The number of carbonyl (C=O) groups excluding carboxylic acids is 1. The van der Waals surface area contributed by atoms with Crippen LogP contribution in [0.15, 0.2) is 70.5 Å². The van der Waals surface area contributed by atoms with E-state index in [0.29, 0.717) is 18.7 Å². The highest BCUT2D eigenvalue weighted by atomic mass is 79.9. The number of amides is 1. The Hall–Kier alpha value is -2.00. The molecule has 2 aromatic carbocycles. The first-order valence-electron chi connectivity index (χ1n) is 10.4. The van der Waals surface area contributed by atoms with Crippen LogP contribution < -0.4 is 9.21 Å². The molecule has 3 aromatic rings. The van der Waals surface area contributed by atoms with Crippen molar-refractivity contribution in [3.05, 3.63) is 70.5 Å². The lowest BCUT2D eigenvalue weighted by Crippen LogP contribution is -2.35. The van der Waals surface area contributed by atoms with Crippen molar-refractivity contribution >= 4 is 55.1 Å². The lowest BCUT2D eigenvalue weighted by molar-refractivity contribution is -0.116. The van der Waals surface area contributed by atoms with Gasteiger partial charge in [0.2, 0.25) is 5.91 Å². The molecule has 0 radical (unpaired) electrons. The van der Waals surface area contributed by atoms with Crippen LogP contribution >= 0.6 is 27.3 Å². The molecule has 32 heavy (non-hydrogen) atoms. The highest BCUT2D eigenvalue weighted by Crippen LogP contribution is 2.27. The van der Waals surface area contributed by atoms with Crippen LogP contribution in [0.5, 0.6) is 0 Å². The number of thiophene rings is 1. The molecule has 2 unspecified atom stereocenters. The predicted molar refractivity (Wildman–Crippen MR) is 137 cm³/mol. The first kappa shape index (κ1) is 24.6. The van der Waals surface area contributed by atoms with Crippen molar-refractivity contribution in [2.24, 2.45) is 0 Å². The third-order valence-electron chi connectivity index (χ3n) is 5.27. The maximum atomic E-state index is 12.0. The van der Waals surface area contributed by atoms with E-state index in [2.05, 4.69) is 15.9 Å². The molecule has 0 bridgehead atoms. The molecule has 5 nitrogen and oxygen atoms in total. The van der Waals surface area contributed by atoms with E-state index >= 15 is 0 Å². The summed E-state index contributed by atoms with van der Waals surface area (Å²) < 4.78 is 26.4. The SMILES string of the molecule is CC(=O)N(CCCCC(C)N(c1ccc(-c2ccc(Br)cc2)cc1)S(=O)[O-])c1cccs1. The van der Waals surface area contributed by atoms with Crippen LogP contribution in [0.4, 0.5) is 10.7 Å². The largest absolute Gasteiger partial charge is 0.755 e. The first-order valence-corrected chi connectivity index (χ1v) is 13.1. The average Bonchev–Trinajstić information content (AvgIpc) is 3.29. The molecule has 0 spiro atoms. The van der Waals surface area contributed by atoms with Gasteiger partial charge in [-0.05, 0) is 79.1 Å². The van der Waals surface area contributed by atoms with Crippen LogP contribution in [-0.2, 0) is 16.1 Å². The van der Waals surface area contributed by atoms with Gasteiger partial charge >= 0.3 is 0 Å². The second-order valence-electron chi connectivity index (χ2n) is 7.56. The van der Waals surface area contributed by atoms with Gasteiger partial charge < -0.3 is 9.45 Å². The average molecular weight is 535 g/mol. The van der Waals surface area contributed by atoms with Gasteiger partial charge in [-0.3, -0.25) is 13.3 Å². The van der Waals surface area contributed by atoms with Gasteiger partial charge in [0, 0.05) is 40.9 Å². The Kier molecular flexibility index (Phi) is 9.04. The zero-order chi connectivity index (χ0) is 23.1. The topological polar surface area (TPSA) is 63.7 Å². The minimum atomic E-state index is -2.37. The third kappa shape index (κ3) is 6.51. The van der Waals surface area contributed by atoms with Crippen molar-refractivity contribution in [3.8, 4) is 11.1 Å². The number of rotatable bonds is 10. The molecular formula is C24H26BrN2O3S2-. The Morgan fingerprint density at radius 2 is 1.69 bits per heavy atom. The zero-order valence-electron chi connectivity index (χ0n) is 18.1. The summed E-state index contributed by atoms with van der Waals surface area (Å²) in [4.78, 5) is 13.7. The molecule has 0 aliphatic rings. The summed E-state index contributed by atoms with van der Waals surface area (Å²) >= 11 is 2.61. The predicted octanol–water partition coefficient (Wildman–Crippen LogP) is 6.39. The number of unbranched alkanes of at least 4 members (excludes halogenated alkanes) is 1. The van der Waals surface area contributed by atoms with E-state index in [4.69, 9.17) is 0 Å². The van der Waals surface area contributed by atoms with Crippen molar-refractivity contribution in [1.29, 1.82) is 0 Å². The number of nitrogens with zero attached hydrogens (tertiary/aromatic N) is 2. The number of carbonyl (C=O) groups is 1. The Morgan fingerprint density at radius 1 is 1.06 bits per heavy atom. The Morgan fingerprint density at radius 3 is 2.22 bits per heavy atom. The molecule has 0 N–H and O–H groups in total. The molecule has 0 aliphatic carbocycles. The van der Waals surface area contributed by atoms with E-state index in [0.717, 1.165) is 33.4 Å². The monoisotopic (exact) mass is 533 g/mol. The molecule has 1 amide bonds. The summed E-state index contributed by atoms with van der Waals surface area (Å²) in [6.45, 7) is 4.12. The van der Waals surface area contributed by atoms with Crippen molar-refractivity contribution in [1.82, 2.24) is 0 Å². The van der Waals surface area contributed by atoms with Gasteiger partial charge in [-0.1, -0.05) is 40.2 Å². The minimum absolute atomic E-state index is 0.0219. The molecule has 2 atom stereocenters. The maximum Gasteiger partial charge on any atom is 0.224 e. The second kappa shape index (κ2) is 11.7. The lowest BCUT2D eigenvalue weighted by atomic mass is 10.1. The molecule has 170 valence electrons. The fraction of sp³-hybridized carbons (Fsp3) is 0.292. The molecule has 8 heteroatoms. The van der Waals surface area contributed by atoms with Gasteiger partial charge in [-0.25, -0.2) is 0 Å². The standard InChI is InChI=1S/C24H27BrN2O3S2/c1-18(6-3-4-16-26(19(2)28)24-7-5-17-31-24)27(32(29)30)23-14-10-21(11-15-23)20-8-12-22(25)13-9-20/h5,7-15,17-18H,3-4,6,16H2,1-2H3,(H,29,30)/p-1. The maximum absolute atomic E-state index is 12.0. The quantitative estimate of drug-likeness (QED) is 0.224. The normalized spacial score (nSPS) is 12.9. The van der Waals surface area contributed by atoms with E-state index in [1.165, 1.54) is 4.31 Å². The van der Waals surface area contributed by atoms with Crippen molar-refractivity contribution in [2.75, 3.05) is 15.7 Å². The van der Waals surface area contributed by atoms with Crippen LogP contribution in [0.25, 0.3) is 11.1 Å². The summed E-state index contributed by atoms with van der Waals surface area (Å²) in [5.74, 6) is 0.0219. The van der Waals surface area contributed by atoms with Gasteiger partial charge in [0.15, 0.2) is 0 Å². The van der Waals surface area contributed by atoms with Crippen molar-refractivity contribution in [2.45, 2.75) is 39.2 Å². The molecule has 1 heterocycles. The van der Waals surface area contributed by atoms with Gasteiger partial charge in [-0.15, -0.1) is 11.3 Å². The molecular weight excluding hydrogens is 508 g/mol. The zero-order valence-corrected chi connectivity index (χ0v) is 21.3. The molecule has 3 rings (SSSR count). The molecule has 0 saturated heterocycles. The van der Waals surface area contributed by atoms with Gasteiger partial charge in [0.25, 0.3) is 0 Å². The Labute approximate surface area is 204 Å². The second-order valence-corrected chi connectivity index (χ2v) is 10.2. The molecule has 0 aliphatic heterocycles. The first-order chi connectivity index (χ1) is 15.4. The highest BCUT2D eigenvalue weighted by Gasteiger charge is 2.17. The molecule has 1 aromatic heterocycles. The minimum Gasteiger partial charge on any atom is -0.755 e. The van der Waals surface area contributed by atoms with Crippen LogP contribution in [0.3, 0.4) is 0 Å². The van der Waals surface area contributed by atoms with E-state index in [9.17, 15) is 13.6 Å². The number of anilines is 2. The van der Waals surface area contributed by atoms with Gasteiger partial charge in [-0.2, -0.15) is 0 Å². The molecule has 0 fully saturated rings. The number of halogens is 1. The summed E-state index contributed by atoms with van der Waals surface area (Å²) in [6, 6.07) is 19.3. The number of hydrogen-bond donors (Lipinski definition) is 0. The Balaban J connectivity index is 1.59. The Bertz CT molecular complexity index is 1020. The van der Waals surface area contributed by atoms with Crippen molar-refractivity contribution < 1.29 is 13.6 Å². The third-order valence-corrected chi connectivity index (χ3v) is 7.58. The van der Waals surface area contributed by atoms with E-state index in [-0.39, 0.29) is 11.9 Å². The summed E-state index contributed by atoms with van der Waals surface area (Å²) in [5.41, 5.74) is 2.75. The van der Waals surface area contributed by atoms with Crippen LogP contribution in [-0.4, -0.2) is 27.3 Å². The van der Waals surface area contributed by atoms with Gasteiger partial charge in [0.1, 0.15) is 0 Å². The number of hydrogen-bond acceptors (Lipinski definition) is 4. The number of benzene rings is 2. The van der Waals surface area contributed by atoms with Crippen molar-refractivity contribution in [3.63, 3.8) is 0 Å². The van der Waals surface area contributed by atoms with Crippen LogP contribution in [0.2, 0.25) is 0 Å². The highest BCUT2D eigenvalue weighted by molar-refractivity contribution is 9.10. The fourth-order valence-corrected chi connectivity index (χ4v) is 5.36. The summed E-state index contributed by atoms with van der Waals surface area (Å²) in [5, 5.41) is 2.90. The summed E-state index contributed by atoms with van der Waals surface area (Å²) in [7, 11) is 0.